The molecule has 0 spiro atoms. The molecule has 0 atom stereocenters. The minimum Gasteiger partial charge on any atom is -0.399 e. The van der Waals surface area contributed by atoms with Crippen molar-refractivity contribution in [1.29, 1.82) is 0 Å². The molecule has 0 aliphatic rings. The van der Waals surface area contributed by atoms with Gasteiger partial charge in [0.1, 0.15) is 0 Å². The minimum atomic E-state index is 0.728. The molecule has 2 heteroatoms. The first-order valence-electron chi connectivity index (χ1n) is 6.04. The van der Waals surface area contributed by atoms with Gasteiger partial charge in [-0.2, -0.15) is 0 Å². The summed E-state index contributed by atoms with van der Waals surface area (Å²) in [4.78, 5) is 4.32. The Morgan fingerprint density at radius 2 is 1.79 bits per heavy atom. The van der Waals surface area contributed by atoms with E-state index in [2.05, 4.69) is 16.8 Å². The molecule has 90 valence electrons. The van der Waals surface area contributed by atoms with Gasteiger partial charge in [-0.25, -0.2) is 0 Å². The number of fused-ring (bicyclic) bond motifs is 1. The summed E-state index contributed by atoms with van der Waals surface area (Å²) >= 11 is 0. The molecule has 0 radical (unpaired) electrons. The van der Waals surface area contributed by atoms with Crippen LogP contribution >= 0.6 is 0 Å². The maximum absolute atomic E-state index is 5.74. The number of hydrogen-bond donors (Lipinski definition) is 1. The normalized spacial score (nSPS) is 9.89. The van der Waals surface area contributed by atoms with Crippen LogP contribution in [0.2, 0.25) is 0 Å². The number of benzene rings is 2. The van der Waals surface area contributed by atoms with Crippen LogP contribution in [-0.4, -0.2) is 4.98 Å². The average Bonchev–Trinajstić information content (AvgIpc) is 2.45. The fraction of sp³-hybridized carbons (Fsp3) is 0. The molecule has 0 aliphatic carbocycles. The lowest BCUT2D eigenvalue weighted by Gasteiger charge is -1.98. The molecule has 3 aromatic rings. The first kappa shape index (κ1) is 11.3. The molecular formula is C17H12N2. The highest BCUT2D eigenvalue weighted by Gasteiger charge is 1.97. The fourth-order valence-corrected chi connectivity index (χ4v) is 1.97. The smallest absolute Gasteiger partial charge is 0.0714 e. The van der Waals surface area contributed by atoms with Gasteiger partial charge in [-0.1, -0.05) is 30.0 Å². The standard InChI is InChI=1S/C17H12N2/c18-15-6-1-4-13(12-15)9-10-14-5-2-8-17-16(14)7-3-11-19-17/h1-8,11-12H,18H2. The van der Waals surface area contributed by atoms with Crippen molar-refractivity contribution in [3.8, 4) is 11.8 Å². The molecule has 0 saturated carbocycles. The summed E-state index contributed by atoms with van der Waals surface area (Å²) in [5.41, 5.74) is 9.33. The number of anilines is 1. The van der Waals surface area contributed by atoms with E-state index in [1.165, 1.54) is 0 Å². The van der Waals surface area contributed by atoms with Crippen LogP contribution in [0.25, 0.3) is 10.9 Å². The van der Waals surface area contributed by atoms with E-state index in [4.69, 9.17) is 5.73 Å². The Hall–Kier alpha value is -2.79. The van der Waals surface area contributed by atoms with Crippen molar-refractivity contribution in [2.75, 3.05) is 5.73 Å². The predicted molar refractivity (Wildman–Crippen MR) is 78.6 cm³/mol. The Labute approximate surface area is 111 Å². The quantitative estimate of drug-likeness (QED) is 0.487. The Morgan fingerprint density at radius 3 is 2.68 bits per heavy atom. The van der Waals surface area contributed by atoms with Crippen LogP contribution in [0.15, 0.2) is 60.8 Å². The van der Waals surface area contributed by atoms with E-state index in [1.807, 2.05) is 54.6 Å². The lowest BCUT2D eigenvalue weighted by molar-refractivity contribution is 1.41. The van der Waals surface area contributed by atoms with Gasteiger partial charge in [0, 0.05) is 28.4 Å². The first-order valence-corrected chi connectivity index (χ1v) is 6.04. The van der Waals surface area contributed by atoms with Crippen LogP contribution in [0, 0.1) is 11.8 Å². The molecule has 0 unspecified atom stereocenters. The van der Waals surface area contributed by atoms with Crippen LogP contribution in [-0.2, 0) is 0 Å². The van der Waals surface area contributed by atoms with Crippen molar-refractivity contribution in [2.45, 2.75) is 0 Å². The summed E-state index contributed by atoms with van der Waals surface area (Å²) < 4.78 is 0. The lowest BCUT2D eigenvalue weighted by atomic mass is 10.1. The van der Waals surface area contributed by atoms with Crippen LogP contribution in [0.3, 0.4) is 0 Å². The van der Waals surface area contributed by atoms with E-state index in [1.54, 1.807) is 6.20 Å². The molecule has 0 aliphatic heterocycles. The molecule has 1 heterocycles. The van der Waals surface area contributed by atoms with Crippen molar-refractivity contribution in [3.05, 3.63) is 71.9 Å². The van der Waals surface area contributed by atoms with Gasteiger partial charge in [-0.15, -0.1) is 0 Å². The first-order chi connectivity index (χ1) is 9.33. The second kappa shape index (κ2) is 4.83. The molecule has 0 fully saturated rings. The van der Waals surface area contributed by atoms with Gasteiger partial charge in [0.15, 0.2) is 0 Å². The Kier molecular flexibility index (Phi) is 2.88. The van der Waals surface area contributed by atoms with Crippen LogP contribution in [0.5, 0.6) is 0 Å². The summed E-state index contributed by atoms with van der Waals surface area (Å²) in [5.74, 6) is 6.32. The topological polar surface area (TPSA) is 38.9 Å². The van der Waals surface area contributed by atoms with Crippen molar-refractivity contribution < 1.29 is 0 Å². The van der Waals surface area contributed by atoms with Gasteiger partial charge in [0.2, 0.25) is 0 Å². The van der Waals surface area contributed by atoms with E-state index in [9.17, 15) is 0 Å². The summed E-state index contributed by atoms with van der Waals surface area (Å²) in [6, 6.07) is 17.5. The van der Waals surface area contributed by atoms with E-state index in [-0.39, 0.29) is 0 Å². The van der Waals surface area contributed by atoms with Gasteiger partial charge in [0.25, 0.3) is 0 Å². The summed E-state index contributed by atoms with van der Waals surface area (Å²) in [6.07, 6.45) is 1.79. The number of hydrogen-bond acceptors (Lipinski definition) is 2. The summed E-state index contributed by atoms with van der Waals surface area (Å²) in [6.45, 7) is 0. The number of rotatable bonds is 0. The van der Waals surface area contributed by atoms with E-state index < -0.39 is 0 Å². The Balaban J connectivity index is 2.07. The van der Waals surface area contributed by atoms with E-state index in [0.29, 0.717) is 0 Å². The number of nitrogens with zero attached hydrogens (tertiary/aromatic N) is 1. The fourth-order valence-electron chi connectivity index (χ4n) is 1.97. The zero-order chi connectivity index (χ0) is 13.1. The monoisotopic (exact) mass is 244 g/mol. The second-order valence-corrected chi connectivity index (χ2v) is 4.25. The lowest BCUT2D eigenvalue weighted by Crippen LogP contribution is -1.85. The number of nitrogens with two attached hydrogens (primary N) is 1. The molecule has 19 heavy (non-hydrogen) atoms. The molecule has 0 amide bonds. The SMILES string of the molecule is Nc1cccc(C#Cc2cccc3ncccc23)c1. The summed E-state index contributed by atoms with van der Waals surface area (Å²) in [5, 5.41) is 1.07. The molecule has 0 saturated heterocycles. The predicted octanol–water partition coefficient (Wildman–Crippen LogP) is 3.22. The van der Waals surface area contributed by atoms with Gasteiger partial charge < -0.3 is 5.73 Å². The maximum atomic E-state index is 5.74. The number of nitrogen functional groups attached to an aromatic ring is 1. The average molecular weight is 244 g/mol. The van der Waals surface area contributed by atoms with Crippen molar-refractivity contribution in [2.24, 2.45) is 0 Å². The maximum Gasteiger partial charge on any atom is 0.0714 e. The van der Waals surface area contributed by atoms with Gasteiger partial charge >= 0.3 is 0 Å². The molecule has 2 aromatic carbocycles. The summed E-state index contributed by atoms with van der Waals surface area (Å²) in [7, 11) is 0. The molecule has 3 rings (SSSR count). The minimum absolute atomic E-state index is 0.728. The second-order valence-electron chi connectivity index (χ2n) is 4.25. The van der Waals surface area contributed by atoms with Crippen LogP contribution < -0.4 is 5.73 Å². The van der Waals surface area contributed by atoms with Crippen LogP contribution in [0.1, 0.15) is 11.1 Å². The van der Waals surface area contributed by atoms with E-state index in [0.717, 1.165) is 27.7 Å². The molecule has 1 aromatic heterocycles. The molecule has 2 nitrogen and oxygen atoms in total. The molecule has 2 N–H and O–H groups in total. The highest BCUT2D eigenvalue weighted by Crippen LogP contribution is 2.15. The molecule has 0 bridgehead atoms. The van der Waals surface area contributed by atoms with Crippen molar-refractivity contribution in [1.82, 2.24) is 4.98 Å². The van der Waals surface area contributed by atoms with E-state index >= 15 is 0 Å². The number of aromatic nitrogens is 1. The third kappa shape index (κ3) is 2.41. The zero-order valence-corrected chi connectivity index (χ0v) is 10.3. The Bertz CT molecular complexity index is 789. The van der Waals surface area contributed by atoms with Crippen molar-refractivity contribution >= 4 is 16.6 Å². The zero-order valence-electron chi connectivity index (χ0n) is 10.3. The number of pyridine rings is 1. The van der Waals surface area contributed by atoms with Crippen LogP contribution in [0.4, 0.5) is 5.69 Å². The molecular weight excluding hydrogens is 232 g/mol. The Morgan fingerprint density at radius 1 is 0.895 bits per heavy atom. The third-order valence-electron chi connectivity index (χ3n) is 2.87. The van der Waals surface area contributed by atoms with Gasteiger partial charge in [-0.05, 0) is 36.4 Å². The highest BCUT2D eigenvalue weighted by molar-refractivity contribution is 5.85. The van der Waals surface area contributed by atoms with Gasteiger partial charge in [-0.3, -0.25) is 4.98 Å². The highest BCUT2D eigenvalue weighted by atomic mass is 14.6. The largest absolute Gasteiger partial charge is 0.399 e. The third-order valence-corrected chi connectivity index (χ3v) is 2.87. The van der Waals surface area contributed by atoms with Crippen molar-refractivity contribution in [3.63, 3.8) is 0 Å². The van der Waals surface area contributed by atoms with Gasteiger partial charge in [0.05, 0.1) is 5.52 Å².